The molecule has 0 spiro atoms. The summed E-state index contributed by atoms with van der Waals surface area (Å²) in [6.45, 7) is 0. The van der Waals surface area contributed by atoms with Crippen molar-refractivity contribution >= 4 is 0 Å². The SMILES string of the molecule is c1ccc(-c2cc3c(cc2-c2ccccc2)-c2cc(-c4ccccc4)c(-c4ccccc4)cc2-c2ccccc2-c2ccccc2-3)cc1. The van der Waals surface area contributed by atoms with Crippen LogP contribution in [0.5, 0.6) is 0 Å². The maximum atomic E-state index is 2.45. The first-order valence-corrected chi connectivity index (χ1v) is 16.6. The topological polar surface area (TPSA) is 0 Å². The minimum atomic E-state index is 1.21. The van der Waals surface area contributed by atoms with E-state index in [9.17, 15) is 0 Å². The summed E-state index contributed by atoms with van der Waals surface area (Å²) in [4.78, 5) is 0. The van der Waals surface area contributed by atoms with Gasteiger partial charge in [0.2, 0.25) is 0 Å². The van der Waals surface area contributed by atoms with E-state index >= 15 is 0 Å². The standard InChI is InChI=1S/C48H32/c1-5-17-33(18-6-1)41-29-45-39-27-15-13-25-37(39)38-26-14-16-28-40(38)46-30-42(34-19-7-2-8-20-34)44(36-23-11-4-12-24-36)32-48(46)47(45)31-43(41)35-21-9-3-10-22-35/h1-32H. The Bertz CT molecular complexity index is 2230. The Kier molecular flexibility index (Phi) is 6.91. The van der Waals surface area contributed by atoms with Crippen molar-refractivity contribution < 1.29 is 0 Å². The van der Waals surface area contributed by atoms with Gasteiger partial charge in [0, 0.05) is 0 Å². The van der Waals surface area contributed by atoms with Crippen LogP contribution in [0.2, 0.25) is 0 Å². The lowest BCUT2D eigenvalue weighted by atomic mass is 9.76. The Morgan fingerprint density at radius 1 is 0.146 bits per heavy atom. The minimum Gasteiger partial charge on any atom is -0.0622 e. The van der Waals surface area contributed by atoms with Crippen LogP contribution in [-0.2, 0) is 0 Å². The molecule has 0 atom stereocenters. The van der Waals surface area contributed by atoms with Gasteiger partial charge in [-0.25, -0.2) is 0 Å². The first-order valence-electron chi connectivity index (χ1n) is 16.6. The summed E-state index contributed by atoms with van der Waals surface area (Å²) in [7, 11) is 0. The molecule has 0 bridgehead atoms. The lowest BCUT2D eigenvalue weighted by Gasteiger charge is -2.27. The van der Waals surface area contributed by atoms with Crippen LogP contribution in [0, 0.1) is 0 Å². The zero-order chi connectivity index (χ0) is 31.9. The van der Waals surface area contributed by atoms with E-state index in [-0.39, 0.29) is 0 Å². The van der Waals surface area contributed by atoms with Crippen LogP contribution in [0.15, 0.2) is 194 Å². The lowest BCUT2D eigenvalue weighted by Crippen LogP contribution is -2.00. The molecule has 8 aromatic rings. The summed E-state index contributed by atoms with van der Waals surface area (Å²) in [5.41, 5.74) is 19.7. The highest BCUT2D eigenvalue weighted by Crippen LogP contribution is 2.52. The third kappa shape index (κ3) is 4.78. The van der Waals surface area contributed by atoms with Gasteiger partial charge in [-0.3, -0.25) is 0 Å². The average Bonchev–Trinajstić information content (AvgIpc) is 3.18. The van der Waals surface area contributed by atoms with Crippen molar-refractivity contribution in [2.24, 2.45) is 0 Å². The van der Waals surface area contributed by atoms with Gasteiger partial charge in [-0.05, 0) is 113 Å². The van der Waals surface area contributed by atoms with E-state index in [0.717, 1.165) is 0 Å². The molecular formula is C48H32. The number of hydrogen-bond acceptors (Lipinski definition) is 0. The van der Waals surface area contributed by atoms with Crippen molar-refractivity contribution in [1.29, 1.82) is 0 Å². The first kappa shape index (κ1) is 28.0. The van der Waals surface area contributed by atoms with Crippen LogP contribution in [-0.4, -0.2) is 0 Å². The van der Waals surface area contributed by atoms with Crippen molar-refractivity contribution in [2.75, 3.05) is 0 Å². The fourth-order valence-corrected chi connectivity index (χ4v) is 7.42. The van der Waals surface area contributed by atoms with Crippen LogP contribution in [0.25, 0.3) is 89.0 Å². The highest BCUT2D eigenvalue weighted by Gasteiger charge is 2.26. The lowest BCUT2D eigenvalue weighted by molar-refractivity contribution is 1.50. The van der Waals surface area contributed by atoms with Crippen LogP contribution < -0.4 is 0 Å². The predicted molar refractivity (Wildman–Crippen MR) is 203 cm³/mol. The molecule has 0 heterocycles. The van der Waals surface area contributed by atoms with Crippen molar-refractivity contribution in [3.05, 3.63) is 194 Å². The molecule has 0 saturated carbocycles. The van der Waals surface area contributed by atoms with Gasteiger partial charge < -0.3 is 0 Å². The monoisotopic (exact) mass is 608 g/mol. The van der Waals surface area contributed by atoms with Gasteiger partial charge in [0.25, 0.3) is 0 Å². The number of fused-ring (bicyclic) bond motifs is 8. The van der Waals surface area contributed by atoms with Gasteiger partial charge in [-0.2, -0.15) is 0 Å². The number of rotatable bonds is 4. The highest BCUT2D eigenvalue weighted by atomic mass is 14.3. The van der Waals surface area contributed by atoms with Crippen molar-refractivity contribution in [2.45, 2.75) is 0 Å². The first-order chi connectivity index (χ1) is 23.8. The molecule has 9 rings (SSSR count). The van der Waals surface area contributed by atoms with Crippen molar-refractivity contribution in [3.8, 4) is 89.0 Å². The zero-order valence-corrected chi connectivity index (χ0v) is 26.5. The fourth-order valence-electron chi connectivity index (χ4n) is 7.42. The van der Waals surface area contributed by atoms with Crippen LogP contribution in [0.1, 0.15) is 0 Å². The second-order valence-corrected chi connectivity index (χ2v) is 12.4. The van der Waals surface area contributed by atoms with Crippen LogP contribution >= 0.6 is 0 Å². The largest absolute Gasteiger partial charge is 0.0622 e. The van der Waals surface area contributed by atoms with E-state index in [1.807, 2.05) is 0 Å². The van der Waals surface area contributed by atoms with Gasteiger partial charge in [0.1, 0.15) is 0 Å². The Balaban J connectivity index is 1.46. The third-order valence-corrected chi connectivity index (χ3v) is 9.67. The summed E-state index contributed by atoms with van der Waals surface area (Å²) in [5, 5.41) is 0. The van der Waals surface area contributed by atoms with Crippen LogP contribution in [0.4, 0.5) is 0 Å². The van der Waals surface area contributed by atoms with Gasteiger partial charge in [0.05, 0.1) is 0 Å². The predicted octanol–water partition coefficient (Wildman–Crippen LogP) is 13.3. The summed E-state index contributed by atoms with van der Waals surface area (Å²) in [5.74, 6) is 0. The summed E-state index contributed by atoms with van der Waals surface area (Å²) in [6.07, 6.45) is 0. The molecule has 0 N–H and O–H groups in total. The van der Waals surface area contributed by atoms with Crippen molar-refractivity contribution in [1.82, 2.24) is 0 Å². The molecule has 224 valence electrons. The normalized spacial score (nSPS) is 11.3. The molecule has 48 heavy (non-hydrogen) atoms. The molecular weight excluding hydrogens is 577 g/mol. The molecule has 1 aliphatic carbocycles. The van der Waals surface area contributed by atoms with E-state index in [4.69, 9.17) is 0 Å². The van der Waals surface area contributed by atoms with Crippen LogP contribution in [0.3, 0.4) is 0 Å². The summed E-state index contributed by atoms with van der Waals surface area (Å²) < 4.78 is 0. The second kappa shape index (κ2) is 11.8. The fraction of sp³-hybridized carbons (Fsp3) is 0. The Labute approximate surface area is 282 Å². The highest BCUT2D eigenvalue weighted by molar-refractivity contribution is 6.08. The number of hydrogen-bond donors (Lipinski definition) is 0. The van der Waals surface area contributed by atoms with E-state index in [1.54, 1.807) is 0 Å². The molecule has 1 aliphatic rings. The van der Waals surface area contributed by atoms with Crippen molar-refractivity contribution in [3.63, 3.8) is 0 Å². The Morgan fingerprint density at radius 3 is 0.583 bits per heavy atom. The van der Waals surface area contributed by atoms with E-state index in [1.165, 1.54) is 89.0 Å². The Hall–Kier alpha value is -6.24. The van der Waals surface area contributed by atoms with Gasteiger partial charge in [0.15, 0.2) is 0 Å². The molecule has 0 radical (unpaired) electrons. The molecule has 0 unspecified atom stereocenters. The maximum absolute atomic E-state index is 2.45. The third-order valence-electron chi connectivity index (χ3n) is 9.67. The van der Waals surface area contributed by atoms with Gasteiger partial charge >= 0.3 is 0 Å². The quantitative estimate of drug-likeness (QED) is 0.186. The average molecular weight is 609 g/mol. The van der Waals surface area contributed by atoms with E-state index < -0.39 is 0 Å². The molecule has 0 nitrogen and oxygen atoms in total. The van der Waals surface area contributed by atoms with Gasteiger partial charge in [-0.15, -0.1) is 0 Å². The molecule has 0 fully saturated rings. The van der Waals surface area contributed by atoms with Gasteiger partial charge in [-0.1, -0.05) is 170 Å². The minimum absolute atomic E-state index is 1.21. The second-order valence-electron chi connectivity index (χ2n) is 12.4. The van der Waals surface area contributed by atoms with E-state index in [0.29, 0.717) is 0 Å². The zero-order valence-electron chi connectivity index (χ0n) is 26.5. The molecule has 0 saturated heterocycles. The maximum Gasteiger partial charge on any atom is -0.00921 e. The summed E-state index contributed by atoms with van der Waals surface area (Å²) in [6, 6.07) is 71.0. The molecule has 0 amide bonds. The molecule has 8 aromatic carbocycles. The molecule has 0 aliphatic heterocycles. The van der Waals surface area contributed by atoms with E-state index in [2.05, 4.69) is 194 Å². The molecule has 0 heteroatoms. The smallest absolute Gasteiger partial charge is 0.00921 e. The summed E-state index contributed by atoms with van der Waals surface area (Å²) >= 11 is 0. The Morgan fingerprint density at radius 2 is 0.333 bits per heavy atom. The number of benzene rings is 8. The molecule has 0 aromatic heterocycles.